The molecule has 1 fully saturated rings. The first-order chi connectivity index (χ1) is 14.1. The molecule has 0 atom stereocenters. The van der Waals surface area contributed by atoms with Crippen LogP contribution >= 0.6 is 0 Å². The monoisotopic (exact) mass is 449 g/mol. The number of nitrogens with zero attached hydrogens (tertiary/aromatic N) is 3. The Labute approximate surface area is 176 Å². The van der Waals surface area contributed by atoms with E-state index in [9.17, 15) is 21.6 Å². The van der Waals surface area contributed by atoms with Crippen molar-refractivity contribution in [1.82, 2.24) is 19.8 Å². The zero-order chi connectivity index (χ0) is 22.4. The van der Waals surface area contributed by atoms with E-state index in [2.05, 4.69) is 46.6 Å². The number of guanidine groups is 1. The van der Waals surface area contributed by atoms with Crippen LogP contribution in [0, 0.1) is 0 Å². The van der Waals surface area contributed by atoms with E-state index >= 15 is 0 Å². The summed E-state index contributed by atoms with van der Waals surface area (Å²) >= 11 is 0. The average molecular weight is 450 g/mol. The minimum Gasteiger partial charge on any atom is -0.354 e. The minimum atomic E-state index is -5.26. The highest BCUT2D eigenvalue weighted by molar-refractivity contribution is 7.90. The molecule has 1 aliphatic heterocycles. The van der Waals surface area contributed by atoms with Crippen molar-refractivity contribution >= 4 is 16.0 Å². The van der Waals surface area contributed by atoms with Crippen LogP contribution in [0.4, 0.5) is 13.2 Å². The van der Waals surface area contributed by atoms with Crippen molar-refractivity contribution in [3.05, 3.63) is 35.4 Å². The molecule has 1 heterocycles. The summed E-state index contributed by atoms with van der Waals surface area (Å²) in [5.74, 6) is 0.531. The van der Waals surface area contributed by atoms with E-state index in [1.54, 1.807) is 7.05 Å². The van der Waals surface area contributed by atoms with E-state index in [0.717, 1.165) is 18.7 Å². The summed E-state index contributed by atoms with van der Waals surface area (Å²) in [5.41, 5.74) is -2.96. The summed E-state index contributed by atoms with van der Waals surface area (Å²) in [7, 11) is -1.59. The molecule has 7 nitrogen and oxygen atoms in total. The molecule has 1 saturated heterocycles. The number of halogens is 3. The van der Waals surface area contributed by atoms with Gasteiger partial charge in [0.25, 0.3) is 0 Å². The summed E-state index contributed by atoms with van der Waals surface area (Å²) in [4.78, 5) is 6.37. The topological polar surface area (TPSA) is 77.0 Å². The SMILES string of the molecule is CCN(C)Cc1cccc(CNC(=NC)NC2CCN(S(=O)(=O)C(F)(F)F)CC2)c1. The van der Waals surface area contributed by atoms with Crippen LogP contribution in [0.2, 0.25) is 0 Å². The fraction of sp³-hybridized carbons (Fsp3) is 0.632. The van der Waals surface area contributed by atoms with Gasteiger partial charge in [0.15, 0.2) is 5.96 Å². The second-order valence-corrected chi connectivity index (χ2v) is 9.27. The third kappa shape index (κ3) is 6.58. The number of aliphatic imine (C=N–C) groups is 1. The standard InChI is InChI=1S/C19H30F3N5O2S/c1-4-26(3)14-16-7-5-6-15(12-16)13-24-18(23-2)25-17-8-10-27(11-9-17)30(28,29)19(20,21)22/h5-7,12,17H,4,8-11,13-14H2,1-3H3,(H2,23,24,25). The van der Waals surface area contributed by atoms with Gasteiger partial charge in [0.05, 0.1) is 0 Å². The first-order valence-corrected chi connectivity index (χ1v) is 11.3. The highest BCUT2D eigenvalue weighted by Crippen LogP contribution is 2.28. The average Bonchev–Trinajstić information content (AvgIpc) is 2.70. The number of piperidine rings is 1. The number of rotatable bonds is 7. The number of nitrogens with one attached hydrogen (secondary N) is 2. The van der Waals surface area contributed by atoms with Crippen molar-refractivity contribution < 1.29 is 21.6 Å². The molecule has 11 heteroatoms. The number of hydrogen-bond donors (Lipinski definition) is 2. The molecule has 1 aliphatic rings. The van der Waals surface area contributed by atoms with E-state index in [1.807, 2.05) is 12.1 Å². The molecule has 1 aromatic carbocycles. The fourth-order valence-corrected chi connectivity index (χ4v) is 4.21. The van der Waals surface area contributed by atoms with Crippen LogP contribution in [0.5, 0.6) is 0 Å². The lowest BCUT2D eigenvalue weighted by Crippen LogP contribution is -2.51. The van der Waals surface area contributed by atoms with Crippen LogP contribution in [-0.4, -0.2) is 68.9 Å². The Bertz CT molecular complexity index is 822. The summed E-state index contributed by atoms with van der Waals surface area (Å²) in [6.45, 7) is 4.11. The van der Waals surface area contributed by atoms with Gasteiger partial charge in [-0.1, -0.05) is 31.2 Å². The number of hydrogen-bond acceptors (Lipinski definition) is 4. The van der Waals surface area contributed by atoms with E-state index in [0.29, 0.717) is 16.8 Å². The Morgan fingerprint density at radius 2 is 1.90 bits per heavy atom. The molecule has 0 saturated carbocycles. The smallest absolute Gasteiger partial charge is 0.354 e. The second kappa shape index (κ2) is 10.5. The molecular weight excluding hydrogens is 419 g/mol. The molecule has 0 unspecified atom stereocenters. The van der Waals surface area contributed by atoms with Gasteiger partial charge in [-0.05, 0) is 37.6 Å². The van der Waals surface area contributed by atoms with Crippen LogP contribution in [0.3, 0.4) is 0 Å². The molecule has 30 heavy (non-hydrogen) atoms. The molecule has 0 aromatic heterocycles. The number of sulfonamides is 1. The lowest BCUT2D eigenvalue weighted by molar-refractivity contribution is -0.0494. The molecule has 0 spiro atoms. The van der Waals surface area contributed by atoms with Crippen molar-refractivity contribution in [2.75, 3.05) is 33.7 Å². The molecule has 2 N–H and O–H groups in total. The van der Waals surface area contributed by atoms with E-state index in [1.165, 1.54) is 5.56 Å². The number of alkyl halides is 3. The van der Waals surface area contributed by atoms with Crippen LogP contribution in [-0.2, 0) is 23.1 Å². The Kier molecular flexibility index (Phi) is 8.51. The van der Waals surface area contributed by atoms with Crippen molar-refractivity contribution in [3.63, 3.8) is 0 Å². The first-order valence-electron chi connectivity index (χ1n) is 9.86. The number of benzene rings is 1. The van der Waals surface area contributed by atoms with Crippen LogP contribution in [0.15, 0.2) is 29.3 Å². The van der Waals surface area contributed by atoms with E-state index in [-0.39, 0.29) is 32.0 Å². The summed E-state index contributed by atoms with van der Waals surface area (Å²) in [5, 5.41) is 6.38. The Morgan fingerprint density at radius 1 is 1.27 bits per heavy atom. The van der Waals surface area contributed by atoms with Gasteiger partial charge >= 0.3 is 15.5 Å². The van der Waals surface area contributed by atoms with Crippen molar-refractivity contribution in [3.8, 4) is 0 Å². The molecular formula is C19H30F3N5O2S. The Morgan fingerprint density at radius 3 is 2.47 bits per heavy atom. The normalized spacial score (nSPS) is 17.4. The van der Waals surface area contributed by atoms with Gasteiger partial charge in [0, 0.05) is 39.3 Å². The predicted molar refractivity (Wildman–Crippen MR) is 111 cm³/mol. The van der Waals surface area contributed by atoms with Crippen LogP contribution in [0.25, 0.3) is 0 Å². The van der Waals surface area contributed by atoms with Gasteiger partial charge in [-0.25, -0.2) is 8.42 Å². The van der Waals surface area contributed by atoms with E-state index in [4.69, 9.17) is 0 Å². The maximum Gasteiger partial charge on any atom is 0.511 e. The molecule has 0 radical (unpaired) electrons. The van der Waals surface area contributed by atoms with Gasteiger partial charge in [-0.15, -0.1) is 0 Å². The summed E-state index contributed by atoms with van der Waals surface area (Å²) in [6, 6.07) is 8.05. The Hall–Kier alpha value is -1.85. The quantitative estimate of drug-likeness (QED) is 0.493. The van der Waals surface area contributed by atoms with Gasteiger partial charge in [-0.2, -0.15) is 17.5 Å². The molecule has 0 aliphatic carbocycles. The van der Waals surface area contributed by atoms with Crippen molar-refractivity contribution in [1.29, 1.82) is 0 Å². The molecule has 0 amide bonds. The Balaban J connectivity index is 1.86. The molecule has 170 valence electrons. The van der Waals surface area contributed by atoms with Crippen LogP contribution in [0.1, 0.15) is 30.9 Å². The fourth-order valence-electron chi connectivity index (χ4n) is 3.22. The van der Waals surface area contributed by atoms with Crippen molar-refractivity contribution in [2.45, 2.75) is 44.4 Å². The summed E-state index contributed by atoms with van der Waals surface area (Å²) < 4.78 is 61.6. The van der Waals surface area contributed by atoms with Crippen LogP contribution < -0.4 is 10.6 Å². The lowest BCUT2D eigenvalue weighted by Gasteiger charge is -2.32. The maximum absolute atomic E-state index is 12.7. The zero-order valence-electron chi connectivity index (χ0n) is 17.5. The maximum atomic E-state index is 12.7. The van der Waals surface area contributed by atoms with Gasteiger partial charge < -0.3 is 15.5 Å². The largest absolute Gasteiger partial charge is 0.511 e. The lowest BCUT2D eigenvalue weighted by atomic mass is 10.1. The first kappa shape index (κ1) is 24.4. The molecule has 2 rings (SSSR count). The highest BCUT2D eigenvalue weighted by Gasteiger charge is 2.50. The highest BCUT2D eigenvalue weighted by atomic mass is 32.2. The van der Waals surface area contributed by atoms with Gasteiger partial charge in [-0.3, -0.25) is 4.99 Å². The third-order valence-corrected chi connectivity index (χ3v) is 6.72. The van der Waals surface area contributed by atoms with Crippen molar-refractivity contribution in [2.24, 2.45) is 4.99 Å². The zero-order valence-corrected chi connectivity index (χ0v) is 18.4. The van der Waals surface area contributed by atoms with Gasteiger partial charge in [0.1, 0.15) is 0 Å². The molecule has 1 aromatic rings. The second-order valence-electron chi connectivity index (χ2n) is 7.34. The summed E-state index contributed by atoms with van der Waals surface area (Å²) in [6.07, 6.45) is 0.545. The predicted octanol–water partition coefficient (Wildman–Crippen LogP) is 2.12. The molecule has 0 bridgehead atoms. The van der Waals surface area contributed by atoms with Gasteiger partial charge in [0.2, 0.25) is 0 Å². The van der Waals surface area contributed by atoms with E-state index < -0.39 is 15.5 Å². The minimum absolute atomic E-state index is 0.152. The third-order valence-electron chi connectivity index (χ3n) is 5.09.